The molecule has 2 aromatic rings. The van der Waals surface area contributed by atoms with Crippen LogP contribution in [-0.4, -0.2) is 35.2 Å². The lowest BCUT2D eigenvalue weighted by Crippen LogP contribution is -2.32. The van der Waals surface area contributed by atoms with Crippen molar-refractivity contribution >= 4 is 0 Å². The van der Waals surface area contributed by atoms with E-state index < -0.39 is 0 Å². The molecule has 3 rings (SSSR count). The van der Waals surface area contributed by atoms with E-state index in [0.29, 0.717) is 11.8 Å². The highest BCUT2D eigenvalue weighted by Gasteiger charge is 2.21. The molecule has 2 heterocycles. The van der Waals surface area contributed by atoms with Crippen molar-refractivity contribution in [2.75, 3.05) is 20.2 Å². The summed E-state index contributed by atoms with van der Waals surface area (Å²) < 4.78 is 10.2. The first-order valence-electron chi connectivity index (χ1n) is 7.40. The maximum absolute atomic E-state index is 5.21. The van der Waals surface area contributed by atoms with Crippen molar-refractivity contribution in [3.05, 3.63) is 41.5 Å². The van der Waals surface area contributed by atoms with Gasteiger partial charge in [0.25, 0.3) is 0 Å². The Bertz CT molecular complexity index is 571. The van der Waals surface area contributed by atoms with Gasteiger partial charge in [-0.1, -0.05) is 17.3 Å². The van der Waals surface area contributed by atoms with Crippen molar-refractivity contribution in [1.29, 1.82) is 0 Å². The fourth-order valence-electron chi connectivity index (χ4n) is 2.91. The van der Waals surface area contributed by atoms with Gasteiger partial charge in [0.15, 0.2) is 5.82 Å². The highest BCUT2D eigenvalue weighted by molar-refractivity contribution is 5.29. The molecule has 0 atom stereocenters. The van der Waals surface area contributed by atoms with Crippen LogP contribution < -0.4 is 4.74 Å². The lowest BCUT2D eigenvalue weighted by Gasteiger charge is -2.31. The third-order valence-corrected chi connectivity index (χ3v) is 4.11. The van der Waals surface area contributed by atoms with E-state index in [0.717, 1.165) is 31.2 Å². The molecule has 5 heteroatoms. The molecule has 21 heavy (non-hydrogen) atoms. The number of benzene rings is 1. The van der Waals surface area contributed by atoms with Crippen molar-refractivity contribution in [2.24, 2.45) is 0 Å². The first kappa shape index (κ1) is 14.1. The van der Waals surface area contributed by atoms with Gasteiger partial charge in [-0.15, -0.1) is 0 Å². The standard InChI is InChI=1S/C16H21N3O2/c1-12-17-16(18-21-12)11-19-9-7-14(8-10-19)13-3-5-15(20-2)6-4-13/h3-6,14H,7-11H2,1-2H3. The van der Waals surface area contributed by atoms with Crippen molar-refractivity contribution in [2.45, 2.75) is 32.2 Å². The summed E-state index contributed by atoms with van der Waals surface area (Å²) in [6.07, 6.45) is 2.34. The molecule has 0 radical (unpaired) electrons. The van der Waals surface area contributed by atoms with Gasteiger partial charge in [-0.3, -0.25) is 4.90 Å². The van der Waals surface area contributed by atoms with Gasteiger partial charge in [-0.05, 0) is 49.5 Å². The number of ether oxygens (including phenoxy) is 1. The SMILES string of the molecule is COc1ccc(C2CCN(Cc3noc(C)n3)CC2)cc1. The number of rotatable bonds is 4. The van der Waals surface area contributed by atoms with Crippen LogP contribution in [0.1, 0.15) is 36.0 Å². The van der Waals surface area contributed by atoms with Crippen molar-refractivity contribution in [1.82, 2.24) is 15.0 Å². The molecule has 5 nitrogen and oxygen atoms in total. The molecule has 112 valence electrons. The van der Waals surface area contributed by atoms with E-state index in [-0.39, 0.29) is 0 Å². The molecule has 0 amide bonds. The zero-order valence-corrected chi connectivity index (χ0v) is 12.6. The zero-order chi connectivity index (χ0) is 14.7. The molecule has 0 bridgehead atoms. The smallest absolute Gasteiger partial charge is 0.223 e. The van der Waals surface area contributed by atoms with E-state index in [9.17, 15) is 0 Å². The van der Waals surface area contributed by atoms with Gasteiger partial charge in [-0.25, -0.2) is 0 Å². The van der Waals surface area contributed by atoms with E-state index in [4.69, 9.17) is 9.26 Å². The minimum Gasteiger partial charge on any atom is -0.497 e. The quantitative estimate of drug-likeness (QED) is 0.865. The van der Waals surface area contributed by atoms with E-state index in [1.54, 1.807) is 7.11 Å². The third kappa shape index (κ3) is 3.42. The van der Waals surface area contributed by atoms with Crippen LogP contribution in [0.3, 0.4) is 0 Å². The number of aryl methyl sites for hydroxylation is 1. The number of hydrogen-bond donors (Lipinski definition) is 0. The van der Waals surface area contributed by atoms with Gasteiger partial charge in [0.2, 0.25) is 5.89 Å². The fraction of sp³-hybridized carbons (Fsp3) is 0.500. The number of likely N-dealkylation sites (tertiary alicyclic amines) is 1. The van der Waals surface area contributed by atoms with Gasteiger partial charge >= 0.3 is 0 Å². The predicted molar refractivity (Wildman–Crippen MR) is 79.3 cm³/mol. The summed E-state index contributed by atoms with van der Waals surface area (Å²) in [6.45, 7) is 4.76. The number of hydrogen-bond acceptors (Lipinski definition) is 5. The Hall–Kier alpha value is -1.88. The fourth-order valence-corrected chi connectivity index (χ4v) is 2.91. The molecule has 1 aromatic heterocycles. The minimum absolute atomic E-state index is 0.637. The van der Waals surface area contributed by atoms with Gasteiger partial charge in [-0.2, -0.15) is 4.98 Å². The molecule has 0 saturated carbocycles. The molecule has 0 spiro atoms. The van der Waals surface area contributed by atoms with Crippen molar-refractivity contribution in [3.8, 4) is 5.75 Å². The number of piperidine rings is 1. The van der Waals surface area contributed by atoms with E-state index in [1.165, 1.54) is 18.4 Å². The monoisotopic (exact) mass is 287 g/mol. The van der Waals surface area contributed by atoms with Crippen molar-refractivity contribution < 1.29 is 9.26 Å². The molecular formula is C16H21N3O2. The van der Waals surface area contributed by atoms with Gasteiger partial charge in [0.05, 0.1) is 13.7 Å². The van der Waals surface area contributed by atoms with Crippen LogP contribution in [0.4, 0.5) is 0 Å². The first-order chi connectivity index (χ1) is 10.2. The summed E-state index contributed by atoms with van der Waals surface area (Å²) in [7, 11) is 1.70. The predicted octanol–water partition coefficient (Wildman–Crippen LogP) is 2.77. The van der Waals surface area contributed by atoms with E-state index in [2.05, 4.69) is 27.2 Å². The minimum atomic E-state index is 0.637. The van der Waals surface area contributed by atoms with Crippen molar-refractivity contribution in [3.63, 3.8) is 0 Å². The summed E-state index contributed by atoms with van der Waals surface area (Å²) in [6, 6.07) is 8.46. The van der Waals surface area contributed by atoms with Gasteiger partial charge in [0.1, 0.15) is 5.75 Å². The average Bonchev–Trinajstić information content (AvgIpc) is 2.93. The zero-order valence-electron chi connectivity index (χ0n) is 12.6. The molecule has 0 unspecified atom stereocenters. The first-order valence-corrected chi connectivity index (χ1v) is 7.40. The topological polar surface area (TPSA) is 51.4 Å². The second-order valence-corrected chi connectivity index (χ2v) is 5.55. The van der Waals surface area contributed by atoms with Crippen LogP contribution in [0.2, 0.25) is 0 Å². The van der Waals surface area contributed by atoms with Crippen LogP contribution in [0.25, 0.3) is 0 Å². The van der Waals surface area contributed by atoms with Crippen LogP contribution >= 0.6 is 0 Å². The number of nitrogens with zero attached hydrogens (tertiary/aromatic N) is 3. The molecular weight excluding hydrogens is 266 g/mol. The van der Waals surface area contributed by atoms with Gasteiger partial charge < -0.3 is 9.26 Å². The second kappa shape index (κ2) is 6.26. The Kier molecular flexibility index (Phi) is 4.20. The highest BCUT2D eigenvalue weighted by Crippen LogP contribution is 2.29. The Labute approximate surface area is 124 Å². The largest absolute Gasteiger partial charge is 0.497 e. The van der Waals surface area contributed by atoms with Gasteiger partial charge in [0, 0.05) is 6.92 Å². The summed E-state index contributed by atoms with van der Waals surface area (Å²) >= 11 is 0. The van der Waals surface area contributed by atoms with Crippen LogP contribution in [0.5, 0.6) is 5.75 Å². The molecule has 1 aliphatic rings. The molecule has 0 N–H and O–H groups in total. The number of aromatic nitrogens is 2. The normalized spacial score (nSPS) is 17.0. The summed E-state index contributed by atoms with van der Waals surface area (Å²) in [5.74, 6) is 2.98. The molecule has 1 fully saturated rings. The third-order valence-electron chi connectivity index (χ3n) is 4.11. The molecule has 1 saturated heterocycles. The Morgan fingerprint density at radius 1 is 1.24 bits per heavy atom. The van der Waals surface area contributed by atoms with Crippen LogP contribution in [-0.2, 0) is 6.54 Å². The van der Waals surface area contributed by atoms with Crippen LogP contribution in [0.15, 0.2) is 28.8 Å². The number of methoxy groups -OCH3 is 1. The Morgan fingerprint density at radius 2 is 1.95 bits per heavy atom. The second-order valence-electron chi connectivity index (χ2n) is 5.55. The Balaban J connectivity index is 1.54. The lowest BCUT2D eigenvalue weighted by atomic mass is 9.89. The van der Waals surface area contributed by atoms with E-state index in [1.807, 2.05) is 19.1 Å². The highest BCUT2D eigenvalue weighted by atomic mass is 16.5. The maximum atomic E-state index is 5.21. The molecule has 1 aliphatic heterocycles. The summed E-state index contributed by atoms with van der Waals surface area (Å²) in [4.78, 5) is 6.66. The van der Waals surface area contributed by atoms with Crippen LogP contribution in [0, 0.1) is 6.92 Å². The molecule has 0 aliphatic carbocycles. The summed E-state index contributed by atoms with van der Waals surface area (Å²) in [5, 5.41) is 3.96. The Morgan fingerprint density at radius 3 is 2.52 bits per heavy atom. The maximum Gasteiger partial charge on any atom is 0.223 e. The molecule has 1 aromatic carbocycles. The lowest BCUT2D eigenvalue weighted by molar-refractivity contribution is 0.198. The van der Waals surface area contributed by atoms with E-state index >= 15 is 0 Å². The summed E-state index contributed by atoms with van der Waals surface area (Å²) in [5.41, 5.74) is 1.41. The average molecular weight is 287 g/mol.